The van der Waals surface area contributed by atoms with Crippen LogP contribution in [0.5, 0.6) is 0 Å². The zero-order chi connectivity index (χ0) is 10.2. The highest BCUT2D eigenvalue weighted by molar-refractivity contribution is 8.12. The van der Waals surface area contributed by atoms with Crippen molar-refractivity contribution in [1.82, 2.24) is 0 Å². The molecule has 0 saturated heterocycles. The van der Waals surface area contributed by atoms with Crippen LogP contribution in [0, 0.1) is 0 Å². The van der Waals surface area contributed by atoms with Gasteiger partial charge in [-0.15, -0.1) is 0 Å². The van der Waals surface area contributed by atoms with Crippen LogP contribution >= 0.6 is 11.8 Å². The number of hydrogen-bond acceptors (Lipinski definition) is 2. The van der Waals surface area contributed by atoms with Crippen molar-refractivity contribution in [2.45, 2.75) is 19.1 Å². The van der Waals surface area contributed by atoms with E-state index in [0.717, 1.165) is 5.75 Å². The summed E-state index contributed by atoms with van der Waals surface area (Å²) in [6.45, 7) is 1.93. The summed E-state index contributed by atoms with van der Waals surface area (Å²) in [7, 11) is 0. The molecule has 1 nitrogen and oxygen atoms in total. The molecule has 0 atom stereocenters. The highest BCUT2D eigenvalue weighted by Gasteiger charge is 2.00. The number of benzene rings is 1. The van der Waals surface area contributed by atoms with Crippen molar-refractivity contribution in [2.75, 3.05) is 0 Å². The Hall–Kier alpha value is -1.02. The lowest BCUT2D eigenvalue weighted by molar-refractivity contribution is -0.110. The minimum absolute atomic E-state index is 0.229. The van der Waals surface area contributed by atoms with E-state index in [4.69, 9.17) is 0 Å². The van der Waals surface area contributed by atoms with Gasteiger partial charge in [-0.05, 0) is 12.5 Å². The molecule has 0 unspecified atom stereocenters. The van der Waals surface area contributed by atoms with Gasteiger partial charge in [0, 0.05) is 12.2 Å². The van der Waals surface area contributed by atoms with Crippen LogP contribution in [0.15, 0.2) is 42.5 Å². The van der Waals surface area contributed by atoms with Crippen LogP contribution in [0.1, 0.15) is 18.9 Å². The maximum Gasteiger partial charge on any atom is 0.193 e. The van der Waals surface area contributed by atoms with Gasteiger partial charge in [-0.3, -0.25) is 4.79 Å². The summed E-state index contributed by atoms with van der Waals surface area (Å²) < 4.78 is 0. The third-order valence-electron chi connectivity index (χ3n) is 1.76. The van der Waals surface area contributed by atoms with Crippen LogP contribution in [0.2, 0.25) is 0 Å². The van der Waals surface area contributed by atoms with Gasteiger partial charge in [-0.2, -0.15) is 0 Å². The summed E-state index contributed by atoms with van der Waals surface area (Å²) in [5.41, 5.74) is 1.20. The van der Waals surface area contributed by atoms with E-state index in [1.54, 1.807) is 0 Å². The Morgan fingerprint density at radius 3 is 2.71 bits per heavy atom. The number of thioether (sulfide) groups is 1. The third kappa shape index (κ3) is 4.28. The predicted octanol–water partition coefficient (Wildman–Crippen LogP) is 3.41. The smallest absolute Gasteiger partial charge is 0.193 e. The van der Waals surface area contributed by atoms with Crippen LogP contribution in [0.4, 0.5) is 0 Å². The molecule has 74 valence electrons. The van der Waals surface area contributed by atoms with Crippen LogP contribution < -0.4 is 0 Å². The molecule has 14 heavy (non-hydrogen) atoms. The lowest BCUT2D eigenvalue weighted by atomic mass is 10.2. The molecule has 1 aromatic rings. The molecule has 1 aromatic carbocycles. The van der Waals surface area contributed by atoms with Gasteiger partial charge in [-0.1, -0.05) is 54.2 Å². The summed E-state index contributed by atoms with van der Waals surface area (Å²) in [6.07, 6.45) is 4.33. The summed E-state index contributed by atoms with van der Waals surface area (Å²) >= 11 is 1.38. The molecule has 0 N–H and O–H groups in total. The number of allylic oxidation sites excluding steroid dienone is 2. The molecule has 1 rings (SSSR count). The second kappa shape index (κ2) is 6.44. The average molecular weight is 206 g/mol. The van der Waals surface area contributed by atoms with Gasteiger partial charge in [0.25, 0.3) is 0 Å². The number of carbonyl (C=O) groups excluding carboxylic acids is 1. The zero-order valence-corrected chi connectivity index (χ0v) is 9.09. The van der Waals surface area contributed by atoms with Crippen LogP contribution in [0.3, 0.4) is 0 Å². The van der Waals surface area contributed by atoms with Gasteiger partial charge in [0.05, 0.1) is 0 Å². The van der Waals surface area contributed by atoms with Crippen molar-refractivity contribution in [2.24, 2.45) is 0 Å². The lowest BCUT2D eigenvalue weighted by Crippen LogP contribution is -1.89. The van der Waals surface area contributed by atoms with Gasteiger partial charge < -0.3 is 0 Å². The first-order valence-corrected chi connectivity index (χ1v) is 5.62. The Kier molecular flexibility index (Phi) is 5.08. The van der Waals surface area contributed by atoms with Crippen molar-refractivity contribution in [3.63, 3.8) is 0 Å². The third-order valence-corrected chi connectivity index (χ3v) is 2.73. The van der Waals surface area contributed by atoms with Crippen molar-refractivity contribution in [3.05, 3.63) is 48.0 Å². The molecule has 0 aliphatic carbocycles. The Balaban J connectivity index is 2.31. The molecular weight excluding hydrogens is 192 g/mol. The maximum absolute atomic E-state index is 11.3. The summed E-state index contributed by atoms with van der Waals surface area (Å²) in [6, 6.07) is 10.0. The molecule has 0 aliphatic rings. The minimum atomic E-state index is 0.229. The molecule has 0 spiro atoms. The van der Waals surface area contributed by atoms with Crippen molar-refractivity contribution in [3.8, 4) is 0 Å². The summed E-state index contributed by atoms with van der Waals surface area (Å²) in [4.78, 5) is 11.3. The van der Waals surface area contributed by atoms with E-state index in [-0.39, 0.29) is 5.12 Å². The average Bonchev–Trinajstić information content (AvgIpc) is 2.25. The van der Waals surface area contributed by atoms with E-state index in [9.17, 15) is 4.79 Å². The van der Waals surface area contributed by atoms with Gasteiger partial charge in [0.15, 0.2) is 5.12 Å². The summed E-state index contributed by atoms with van der Waals surface area (Å²) in [5, 5.41) is 0.229. The fourth-order valence-corrected chi connectivity index (χ4v) is 1.75. The largest absolute Gasteiger partial charge is 0.287 e. The number of rotatable bonds is 4. The van der Waals surface area contributed by atoms with Gasteiger partial charge >= 0.3 is 0 Å². The fraction of sp³-hybridized carbons (Fsp3) is 0.250. The second-order valence-corrected chi connectivity index (χ2v) is 3.95. The lowest BCUT2D eigenvalue weighted by Gasteiger charge is -1.98. The normalized spacial score (nSPS) is 10.6. The van der Waals surface area contributed by atoms with Crippen molar-refractivity contribution >= 4 is 16.9 Å². The molecule has 0 heterocycles. The van der Waals surface area contributed by atoms with Gasteiger partial charge in [-0.25, -0.2) is 0 Å². The predicted molar refractivity (Wildman–Crippen MR) is 62.2 cm³/mol. The molecule has 0 aromatic heterocycles. The molecular formula is C12H14OS. The molecule has 2 heteroatoms. The first-order chi connectivity index (χ1) is 6.83. The van der Waals surface area contributed by atoms with E-state index in [1.807, 2.05) is 49.4 Å². The Bertz CT molecular complexity index is 303. The zero-order valence-electron chi connectivity index (χ0n) is 8.27. The highest BCUT2D eigenvalue weighted by Crippen LogP contribution is 2.14. The fourth-order valence-electron chi connectivity index (χ4n) is 1.01. The standard InChI is InChI=1S/C12H14OS/c1-2-3-9-12(13)14-10-11-7-5-4-6-8-11/h2-8H,9-10H2,1H3/b3-2+. The molecule has 0 amide bonds. The van der Waals surface area contributed by atoms with E-state index in [2.05, 4.69) is 0 Å². The van der Waals surface area contributed by atoms with E-state index in [0.29, 0.717) is 6.42 Å². The molecule has 0 fully saturated rings. The minimum Gasteiger partial charge on any atom is -0.287 e. The number of carbonyl (C=O) groups is 1. The first kappa shape index (κ1) is 11.1. The van der Waals surface area contributed by atoms with Crippen molar-refractivity contribution in [1.29, 1.82) is 0 Å². The topological polar surface area (TPSA) is 17.1 Å². The molecule has 0 saturated carbocycles. The quantitative estimate of drug-likeness (QED) is 0.702. The SMILES string of the molecule is C/C=C/CC(=O)SCc1ccccc1. The number of hydrogen-bond donors (Lipinski definition) is 0. The van der Waals surface area contributed by atoms with Crippen molar-refractivity contribution < 1.29 is 4.79 Å². The highest BCUT2D eigenvalue weighted by atomic mass is 32.2. The summed E-state index contributed by atoms with van der Waals surface area (Å²) in [5.74, 6) is 0.775. The monoisotopic (exact) mass is 206 g/mol. The Labute approximate surface area is 89.2 Å². The van der Waals surface area contributed by atoms with Crippen LogP contribution in [0.25, 0.3) is 0 Å². The Morgan fingerprint density at radius 1 is 1.36 bits per heavy atom. The molecule has 0 aliphatic heterocycles. The van der Waals surface area contributed by atoms with E-state index in [1.165, 1.54) is 17.3 Å². The Morgan fingerprint density at radius 2 is 2.07 bits per heavy atom. The van der Waals surface area contributed by atoms with Crippen LogP contribution in [-0.2, 0) is 10.5 Å². The van der Waals surface area contributed by atoms with E-state index >= 15 is 0 Å². The van der Waals surface area contributed by atoms with E-state index < -0.39 is 0 Å². The molecule has 0 radical (unpaired) electrons. The second-order valence-electron chi connectivity index (χ2n) is 2.92. The van der Waals surface area contributed by atoms with Gasteiger partial charge in [0.1, 0.15) is 0 Å². The molecule has 0 bridgehead atoms. The first-order valence-electron chi connectivity index (χ1n) is 4.63. The maximum atomic E-state index is 11.3. The van der Waals surface area contributed by atoms with Gasteiger partial charge in [0.2, 0.25) is 0 Å². The van der Waals surface area contributed by atoms with Crippen LogP contribution in [-0.4, -0.2) is 5.12 Å².